The zero-order valence-electron chi connectivity index (χ0n) is 12.1. The van der Waals surface area contributed by atoms with E-state index in [1.807, 2.05) is 0 Å². The number of nitrogens with zero attached hydrogens (tertiary/aromatic N) is 2. The fraction of sp³-hybridized carbons (Fsp3) is 0.462. The van der Waals surface area contributed by atoms with E-state index in [1.165, 1.54) is 24.3 Å². The summed E-state index contributed by atoms with van der Waals surface area (Å²) in [5.74, 6) is 0. The van der Waals surface area contributed by atoms with Gasteiger partial charge in [-0.25, -0.2) is 13.2 Å². The normalized spacial score (nSPS) is 17.0. The fourth-order valence-electron chi connectivity index (χ4n) is 2.60. The number of benzene rings is 1. The molecular formula is C13H15ClN2O5S2. The van der Waals surface area contributed by atoms with Crippen LogP contribution < -0.4 is 0 Å². The Bertz CT molecular complexity index is 808. The lowest BCUT2D eigenvalue weighted by molar-refractivity contribution is 0.329. The van der Waals surface area contributed by atoms with Crippen molar-refractivity contribution in [3.05, 3.63) is 29.3 Å². The van der Waals surface area contributed by atoms with E-state index in [0.717, 1.165) is 12.5 Å². The van der Waals surface area contributed by atoms with Crippen LogP contribution in [0.5, 0.6) is 0 Å². The number of rotatable bonds is 5. The Kier molecular flexibility index (Phi) is 5.59. The summed E-state index contributed by atoms with van der Waals surface area (Å²) in [7, 11) is -9.06. The lowest BCUT2D eigenvalue weighted by Gasteiger charge is -2.30. The molecule has 0 aliphatic heterocycles. The number of sulfonamides is 1. The van der Waals surface area contributed by atoms with Gasteiger partial charge >= 0.3 is 10.2 Å². The van der Waals surface area contributed by atoms with Crippen molar-refractivity contribution in [2.75, 3.05) is 0 Å². The average Bonchev–Trinajstić information content (AvgIpc) is 2.48. The highest BCUT2D eigenvalue weighted by Gasteiger charge is 2.41. The summed E-state index contributed by atoms with van der Waals surface area (Å²) in [6, 6.07) is 4.37. The Balaban J connectivity index is 2.55. The molecular weight excluding hydrogens is 364 g/mol. The zero-order valence-corrected chi connectivity index (χ0v) is 14.4. The van der Waals surface area contributed by atoms with E-state index in [2.05, 4.69) is 4.40 Å². The molecule has 1 aromatic carbocycles. The van der Waals surface area contributed by atoms with Crippen molar-refractivity contribution in [3.63, 3.8) is 0 Å². The van der Waals surface area contributed by atoms with Crippen molar-refractivity contribution < 1.29 is 21.6 Å². The second kappa shape index (κ2) is 7.11. The van der Waals surface area contributed by atoms with E-state index < -0.39 is 26.3 Å². The number of hydrogen-bond donors (Lipinski definition) is 0. The standard InChI is InChI=1S/C13H15ClN2O5S2/c14-11-6-8-13(9-7-11)22(18,19)16(23(20,21)15-10-17)12-4-2-1-3-5-12/h6-9,12H,1-5H2. The molecule has 0 radical (unpaired) electrons. The molecule has 126 valence electrons. The van der Waals surface area contributed by atoms with Crippen molar-refractivity contribution in [3.8, 4) is 0 Å². The smallest absolute Gasteiger partial charge is 0.210 e. The second-order valence-electron chi connectivity index (χ2n) is 5.14. The highest BCUT2D eigenvalue weighted by atomic mass is 35.5. The van der Waals surface area contributed by atoms with Gasteiger partial charge in [0.2, 0.25) is 0 Å². The first-order chi connectivity index (χ1) is 10.8. The van der Waals surface area contributed by atoms with Gasteiger partial charge in [0.25, 0.3) is 16.1 Å². The van der Waals surface area contributed by atoms with Crippen molar-refractivity contribution in [2.45, 2.75) is 43.0 Å². The Hall–Kier alpha value is -1.25. The molecule has 2 rings (SSSR count). The average molecular weight is 379 g/mol. The first kappa shape index (κ1) is 18.1. The van der Waals surface area contributed by atoms with Crippen LogP contribution in [-0.2, 0) is 25.0 Å². The third kappa shape index (κ3) is 3.99. The zero-order chi connectivity index (χ0) is 17.1. The van der Waals surface area contributed by atoms with Crippen LogP contribution in [0.1, 0.15) is 32.1 Å². The first-order valence-corrected chi connectivity index (χ1v) is 10.1. The summed E-state index contributed by atoms with van der Waals surface area (Å²) in [6.45, 7) is 0. The molecule has 0 heterocycles. The molecule has 1 fully saturated rings. The lowest BCUT2D eigenvalue weighted by Crippen LogP contribution is -2.44. The van der Waals surface area contributed by atoms with E-state index in [9.17, 15) is 21.6 Å². The molecule has 1 saturated carbocycles. The monoisotopic (exact) mass is 378 g/mol. The quantitative estimate of drug-likeness (QED) is 0.577. The molecule has 23 heavy (non-hydrogen) atoms. The van der Waals surface area contributed by atoms with E-state index >= 15 is 0 Å². The van der Waals surface area contributed by atoms with E-state index in [-0.39, 0.29) is 4.90 Å². The van der Waals surface area contributed by atoms with Gasteiger partial charge in [-0.2, -0.15) is 8.42 Å². The van der Waals surface area contributed by atoms with Crippen LogP contribution in [-0.4, -0.2) is 32.7 Å². The summed E-state index contributed by atoms with van der Waals surface area (Å²) in [5.41, 5.74) is 0. The van der Waals surface area contributed by atoms with Gasteiger partial charge in [-0.3, -0.25) is 0 Å². The SMILES string of the molecule is O=C=NS(=O)(=O)N(C1CCCCC1)S(=O)(=O)c1ccc(Cl)cc1. The molecule has 10 heteroatoms. The van der Waals surface area contributed by atoms with Crippen molar-refractivity contribution >= 4 is 37.9 Å². The molecule has 0 saturated heterocycles. The third-order valence-corrected chi connectivity index (χ3v) is 7.71. The number of hydrogen-bond acceptors (Lipinski definition) is 5. The van der Waals surface area contributed by atoms with E-state index in [0.29, 0.717) is 34.4 Å². The molecule has 0 atom stereocenters. The van der Waals surface area contributed by atoms with E-state index in [1.54, 1.807) is 0 Å². The molecule has 1 aliphatic rings. The van der Waals surface area contributed by atoms with Crippen LogP contribution in [0.2, 0.25) is 5.02 Å². The summed E-state index contributed by atoms with van der Waals surface area (Å²) >= 11 is 5.73. The molecule has 0 N–H and O–H groups in total. The van der Waals surface area contributed by atoms with Crippen LogP contribution in [0.3, 0.4) is 0 Å². The molecule has 0 bridgehead atoms. The van der Waals surface area contributed by atoms with Crippen molar-refractivity contribution in [1.29, 1.82) is 0 Å². The van der Waals surface area contributed by atoms with Crippen molar-refractivity contribution in [2.24, 2.45) is 4.40 Å². The Morgan fingerprint density at radius 2 is 1.61 bits per heavy atom. The van der Waals surface area contributed by atoms with E-state index in [4.69, 9.17) is 11.6 Å². The Morgan fingerprint density at radius 3 is 2.13 bits per heavy atom. The van der Waals surface area contributed by atoms with Gasteiger partial charge in [0.15, 0.2) is 0 Å². The Labute approximate surface area is 140 Å². The molecule has 0 aromatic heterocycles. The lowest BCUT2D eigenvalue weighted by atomic mass is 9.96. The number of carbonyl (C=O) groups excluding carboxylic acids is 1. The molecule has 1 aromatic rings. The highest BCUT2D eigenvalue weighted by Crippen LogP contribution is 2.31. The summed E-state index contributed by atoms with van der Waals surface area (Å²) < 4.78 is 53.0. The van der Waals surface area contributed by atoms with Crippen LogP contribution in [0.4, 0.5) is 0 Å². The van der Waals surface area contributed by atoms with Gasteiger partial charge in [-0.1, -0.05) is 39.0 Å². The molecule has 0 amide bonds. The fourth-order valence-corrected chi connectivity index (χ4v) is 6.13. The minimum absolute atomic E-state index is 0.225. The number of halogens is 1. The Morgan fingerprint density at radius 1 is 1.04 bits per heavy atom. The van der Waals surface area contributed by atoms with Crippen LogP contribution in [0.25, 0.3) is 0 Å². The molecule has 1 aliphatic carbocycles. The third-order valence-electron chi connectivity index (χ3n) is 3.60. The minimum atomic E-state index is -4.67. The van der Waals surface area contributed by atoms with Gasteiger partial charge in [0.05, 0.1) is 4.90 Å². The van der Waals surface area contributed by atoms with Gasteiger partial charge in [-0.05, 0) is 37.1 Å². The van der Waals surface area contributed by atoms with Crippen LogP contribution in [0.15, 0.2) is 33.6 Å². The second-order valence-corrected chi connectivity index (χ2v) is 9.09. The topological polar surface area (TPSA) is 101 Å². The molecule has 0 unspecified atom stereocenters. The predicted octanol–water partition coefficient (Wildman–Crippen LogP) is 2.24. The van der Waals surface area contributed by atoms with Crippen LogP contribution in [0, 0.1) is 0 Å². The predicted molar refractivity (Wildman–Crippen MR) is 84.4 cm³/mol. The van der Waals surface area contributed by atoms with Gasteiger partial charge in [0.1, 0.15) is 0 Å². The summed E-state index contributed by atoms with van der Waals surface area (Å²) in [5, 5.41) is 0.321. The van der Waals surface area contributed by atoms with Gasteiger partial charge in [-0.15, -0.1) is 0 Å². The number of isocyanates is 1. The maximum atomic E-state index is 12.8. The van der Waals surface area contributed by atoms with Crippen LogP contribution >= 0.6 is 11.6 Å². The minimum Gasteiger partial charge on any atom is -0.210 e. The highest BCUT2D eigenvalue weighted by molar-refractivity contribution is 8.03. The first-order valence-electron chi connectivity index (χ1n) is 6.93. The molecule has 7 nitrogen and oxygen atoms in total. The maximum absolute atomic E-state index is 12.8. The maximum Gasteiger partial charge on any atom is 0.346 e. The van der Waals surface area contributed by atoms with Gasteiger partial charge in [0, 0.05) is 11.1 Å². The largest absolute Gasteiger partial charge is 0.346 e. The van der Waals surface area contributed by atoms with Crippen molar-refractivity contribution in [1.82, 2.24) is 3.71 Å². The summed E-state index contributed by atoms with van der Waals surface area (Å²) in [4.78, 5) is 10.2. The molecule has 0 spiro atoms. The van der Waals surface area contributed by atoms with Gasteiger partial charge < -0.3 is 0 Å². The summed E-state index contributed by atoms with van der Waals surface area (Å²) in [6.07, 6.45) is 4.02.